The first kappa shape index (κ1) is 16.7. The SMILES string of the molecule is CC1(C)CC(=O)CC(=Nc2ccc(C34CC5CC(CC(C5)C3)C4)cc2)C1. The van der Waals surface area contributed by atoms with Gasteiger partial charge in [0.1, 0.15) is 5.78 Å². The van der Waals surface area contributed by atoms with E-state index in [1.807, 2.05) is 0 Å². The molecule has 0 saturated heterocycles. The van der Waals surface area contributed by atoms with Gasteiger partial charge in [-0.2, -0.15) is 0 Å². The Morgan fingerprint density at radius 2 is 1.46 bits per heavy atom. The Balaban J connectivity index is 1.38. The van der Waals surface area contributed by atoms with E-state index in [1.54, 1.807) is 5.56 Å². The first-order valence-corrected chi connectivity index (χ1v) is 10.6. The van der Waals surface area contributed by atoms with Crippen molar-refractivity contribution in [3.05, 3.63) is 29.8 Å². The molecule has 26 heavy (non-hydrogen) atoms. The molecule has 0 heterocycles. The fourth-order valence-corrected chi connectivity index (χ4v) is 7.12. The van der Waals surface area contributed by atoms with Gasteiger partial charge in [-0.3, -0.25) is 9.79 Å². The van der Waals surface area contributed by atoms with Crippen LogP contribution in [0, 0.1) is 23.2 Å². The lowest BCUT2D eigenvalue weighted by molar-refractivity contribution is -0.120. The van der Waals surface area contributed by atoms with Crippen LogP contribution < -0.4 is 0 Å². The molecule has 0 atom stereocenters. The summed E-state index contributed by atoms with van der Waals surface area (Å²) in [5.41, 5.74) is 4.17. The Hall–Kier alpha value is -1.44. The molecule has 2 heteroatoms. The highest BCUT2D eigenvalue weighted by molar-refractivity contribution is 6.05. The van der Waals surface area contributed by atoms with E-state index in [2.05, 4.69) is 38.1 Å². The van der Waals surface area contributed by atoms with Crippen LogP contribution in [0.1, 0.15) is 77.2 Å². The molecule has 1 aromatic carbocycles. The number of nitrogens with zero attached hydrogens (tertiary/aromatic N) is 1. The van der Waals surface area contributed by atoms with Gasteiger partial charge in [0.25, 0.3) is 0 Å². The number of benzene rings is 1. The molecule has 138 valence electrons. The maximum absolute atomic E-state index is 12.0. The van der Waals surface area contributed by atoms with Gasteiger partial charge in [0.2, 0.25) is 0 Å². The van der Waals surface area contributed by atoms with Crippen LogP contribution in [0.2, 0.25) is 0 Å². The molecule has 0 aromatic heterocycles. The van der Waals surface area contributed by atoms with Gasteiger partial charge in [-0.1, -0.05) is 26.0 Å². The lowest BCUT2D eigenvalue weighted by Gasteiger charge is -2.57. The molecular formula is C24H31NO. The van der Waals surface area contributed by atoms with Gasteiger partial charge >= 0.3 is 0 Å². The van der Waals surface area contributed by atoms with Crippen molar-refractivity contribution in [3.63, 3.8) is 0 Å². The third kappa shape index (κ3) is 2.96. The fraction of sp³-hybridized carbons (Fsp3) is 0.667. The van der Waals surface area contributed by atoms with Gasteiger partial charge < -0.3 is 0 Å². The highest BCUT2D eigenvalue weighted by Gasteiger charge is 2.51. The van der Waals surface area contributed by atoms with Crippen molar-refractivity contribution in [2.75, 3.05) is 0 Å². The van der Waals surface area contributed by atoms with Crippen LogP contribution in [-0.4, -0.2) is 11.5 Å². The zero-order chi connectivity index (χ0) is 17.9. The summed E-state index contributed by atoms with van der Waals surface area (Å²) in [6.07, 6.45) is 10.9. The van der Waals surface area contributed by atoms with E-state index in [9.17, 15) is 4.79 Å². The molecule has 6 rings (SSSR count). The van der Waals surface area contributed by atoms with Gasteiger partial charge in [0.05, 0.1) is 5.69 Å². The Labute approximate surface area is 157 Å². The van der Waals surface area contributed by atoms with Gasteiger partial charge in [0, 0.05) is 18.6 Å². The number of aliphatic imine (C=N–C) groups is 1. The number of carbonyl (C=O) groups is 1. The average molecular weight is 350 g/mol. The summed E-state index contributed by atoms with van der Waals surface area (Å²) in [6.45, 7) is 4.35. The zero-order valence-corrected chi connectivity index (χ0v) is 16.3. The number of carbonyl (C=O) groups excluding carboxylic acids is 1. The minimum absolute atomic E-state index is 0.0628. The van der Waals surface area contributed by atoms with Crippen LogP contribution >= 0.6 is 0 Å². The monoisotopic (exact) mass is 349 g/mol. The maximum atomic E-state index is 12.0. The van der Waals surface area contributed by atoms with E-state index in [0.29, 0.717) is 24.0 Å². The van der Waals surface area contributed by atoms with E-state index < -0.39 is 0 Å². The lowest BCUT2D eigenvalue weighted by atomic mass is 9.48. The molecule has 0 unspecified atom stereocenters. The molecule has 0 N–H and O–H groups in total. The first-order chi connectivity index (χ1) is 12.4. The third-order valence-corrected chi connectivity index (χ3v) is 7.56. The van der Waals surface area contributed by atoms with Crippen LogP contribution in [0.15, 0.2) is 29.3 Å². The predicted molar refractivity (Wildman–Crippen MR) is 106 cm³/mol. The normalized spacial score (nSPS) is 39.5. The summed E-state index contributed by atoms with van der Waals surface area (Å²) in [7, 11) is 0. The summed E-state index contributed by atoms with van der Waals surface area (Å²) in [4.78, 5) is 16.9. The van der Waals surface area contributed by atoms with Gasteiger partial charge in [0.15, 0.2) is 0 Å². The van der Waals surface area contributed by atoms with E-state index in [1.165, 1.54) is 38.5 Å². The van der Waals surface area contributed by atoms with Gasteiger partial charge in [-0.25, -0.2) is 0 Å². The largest absolute Gasteiger partial charge is 0.299 e. The summed E-state index contributed by atoms with van der Waals surface area (Å²) >= 11 is 0. The number of rotatable bonds is 2. The van der Waals surface area contributed by atoms with Crippen molar-refractivity contribution >= 4 is 17.2 Å². The Morgan fingerprint density at radius 1 is 0.885 bits per heavy atom. The second-order valence-corrected chi connectivity index (χ2v) is 10.7. The molecule has 5 saturated carbocycles. The number of Topliss-reactive ketones (excluding diaryl/α,β-unsaturated/α-hetero) is 1. The molecule has 0 amide bonds. The van der Waals surface area contributed by atoms with Crippen molar-refractivity contribution in [1.82, 2.24) is 0 Å². The lowest BCUT2D eigenvalue weighted by Crippen LogP contribution is -2.48. The Kier molecular flexibility index (Phi) is 3.71. The average Bonchev–Trinajstić information content (AvgIpc) is 2.52. The van der Waals surface area contributed by atoms with Crippen molar-refractivity contribution in [2.24, 2.45) is 28.2 Å². The van der Waals surface area contributed by atoms with Crippen LogP contribution in [0.4, 0.5) is 5.69 Å². The predicted octanol–water partition coefficient (Wildman–Crippen LogP) is 6.01. The van der Waals surface area contributed by atoms with Crippen LogP contribution in [0.5, 0.6) is 0 Å². The molecule has 5 aliphatic carbocycles. The smallest absolute Gasteiger partial charge is 0.139 e. The van der Waals surface area contributed by atoms with Gasteiger partial charge in [-0.05, 0) is 91.2 Å². The fourth-order valence-electron chi connectivity index (χ4n) is 7.12. The topological polar surface area (TPSA) is 29.4 Å². The summed E-state index contributed by atoms with van der Waals surface area (Å²) < 4.78 is 0. The highest BCUT2D eigenvalue weighted by atomic mass is 16.1. The number of hydrogen-bond donors (Lipinski definition) is 0. The quantitative estimate of drug-likeness (QED) is 0.643. The summed E-state index contributed by atoms with van der Waals surface area (Å²) in [6, 6.07) is 9.10. The Bertz CT molecular complexity index is 720. The minimum Gasteiger partial charge on any atom is -0.299 e. The molecule has 5 fully saturated rings. The van der Waals surface area contributed by atoms with E-state index in [0.717, 1.165) is 35.6 Å². The second-order valence-electron chi connectivity index (χ2n) is 10.7. The zero-order valence-electron chi connectivity index (χ0n) is 16.3. The standard InChI is InChI=1S/C24H31NO/c1-23(2)14-21(10-22(26)15-23)25-20-5-3-19(4-6-20)24-11-16-7-17(12-24)9-18(8-16)13-24/h3-6,16-18H,7-15H2,1-2H3. The molecule has 5 aliphatic rings. The summed E-state index contributed by atoms with van der Waals surface area (Å²) in [5.74, 6) is 3.29. The molecule has 0 aliphatic heterocycles. The number of hydrogen-bond acceptors (Lipinski definition) is 2. The third-order valence-electron chi connectivity index (χ3n) is 7.56. The molecule has 2 nitrogen and oxygen atoms in total. The van der Waals surface area contributed by atoms with Crippen LogP contribution in [0.3, 0.4) is 0 Å². The molecule has 0 spiro atoms. The van der Waals surface area contributed by atoms with Crippen molar-refractivity contribution in [2.45, 2.75) is 77.0 Å². The summed E-state index contributed by atoms with van der Waals surface area (Å²) in [5, 5.41) is 0. The van der Waals surface area contributed by atoms with E-state index in [-0.39, 0.29) is 5.41 Å². The molecule has 4 bridgehead atoms. The molecule has 0 radical (unpaired) electrons. The highest BCUT2D eigenvalue weighted by Crippen LogP contribution is 2.60. The van der Waals surface area contributed by atoms with Crippen LogP contribution in [0.25, 0.3) is 0 Å². The number of ketones is 1. The van der Waals surface area contributed by atoms with Crippen LogP contribution in [-0.2, 0) is 10.2 Å². The van der Waals surface area contributed by atoms with Crippen molar-refractivity contribution in [1.29, 1.82) is 0 Å². The van der Waals surface area contributed by atoms with Gasteiger partial charge in [-0.15, -0.1) is 0 Å². The van der Waals surface area contributed by atoms with Crippen molar-refractivity contribution in [3.8, 4) is 0 Å². The van der Waals surface area contributed by atoms with Crippen molar-refractivity contribution < 1.29 is 4.79 Å². The first-order valence-electron chi connectivity index (χ1n) is 10.6. The Morgan fingerprint density at radius 3 is 2.00 bits per heavy atom. The molecule has 1 aromatic rings. The maximum Gasteiger partial charge on any atom is 0.139 e. The van der Waals surface area contributed by atoms with E-state index in [4.69, 9.17) is 4.99 Å². The van der Waals surface area contributed by atoms with E-state index >= 15 is 0 Å². The second kappa shape index (κ2) is 5.78. The molecular weight excluding hydrogens is 318 g/mol. The minimum atomic E-state index is 0.0628.